The highest BCUT2D eigenvalue weighted by molar-refractivity contribution is 5.08. The number of nitrogens with zero attached hydrogens (tertiary/aromatic N) is 2. The van der Waals surface area contributed by atoms with Crippen LogP contribution in [0.15, 0.2) is 10.9 Å². The maximum absolute atomic E-state index is 12.1. The van der Waals surface area contributed by atoms with Gasteiger partial charge in [-0.15, -0.1) is 0 Å². The summed E-state index contributed by atoms with van der Waals surface area (Å²) in [6.07, 6.45) is 5.83. The highest BCUT2D eigenvalue weighted by Crippen LogP contribution is 2.31. The Morgan fingerprint density at radius 1 is 1.33 bits per heavy atom. The number of hydrogen-bond acceptors (Lipinski definition) is 3. The molecule has 18 heavy (non-hydrogen) atoms. The van der Waals surface area contributed by atoms with Crippen molar-refractivity contribution < 1.29 is 0 Å². The predicted octanol–water partition coefficient (Wildman–Crippen LogP) is 1.94. The summed E-state index contributed by atoms with van der Waals surface area (Å²) < 4.78 is 1.87. The normalized spacial score (nSPS) is 24.8. The molecule has 1 saturated carbocycles. The van der Waals surface area contributed by atoms with Gasteiger partial charge in [-0.2, -0.15) is 4.98 Å². The zero-order valence-electron chi connectivity index (χ0n) is 11.4. The minimum atomic E-state index is -0.113. The number of hydrogen-bond donors (Lipinski definition) is 1. The minimum Gasteiger partial charge on any atom is -0.330 e. The van der Waals surface area contributed by atoms with Gasteiger partial charge in [0.1, 0.15) is 0 Å². The van der Waals surface area contributed by atoms with Crippen LogP contribution in [0.3, 0.4) is 0 Å². The third kappa shape index (κ3) is 2.64. The molecule has 0 aromatic carbocycles. The lowest BCUT2D eigenvalue weighted by Crippen LogP contribution is -2.35. The van der Waals surface area contributed by atoms with Gasteiger partial charge in [0, 0.05) is 17.4 Å². The Hall–Kier alpha value is -1.16. The summed E-state index contributed by atoms with van der Waals surface area (Å²) in [5.74, 6) is 0.411. The Balaban J connectivity index is 2.42. The molecule has 1 aliphatic carbocycles. The molecule has 1 aromatic rings. The highest BCUT2D eigenvalue weighted by Gasteiger charge is 2.26. The molecule has 2 N–H and O–H groups in total. The van der Waals surface area contributed by atoms with Crippen molar-refractivity contribution in [3.8, 4) is 0 Å². The molecule has 0 aliphatic heterocycles. The van der Waals surface area contributed by atoms with Crippen molar-refractivity contribution in [3.63, 3.8) is 0 Å². The number of aryl methyl sites for hydroxylation is 2. The maximum Gasteiger partial charge on any atom is 0.348 e. The molecule has 2 rings (SSSR count). The summed E-state index contributed by atoms with van der Waals surface area (Å²) >= 11 is 0. The average Bonchev–Trinajstić information content (AvgIpc) is 2.53. The second kappa shape index (κ2) is 5.65. The standard InChI is InChI=1S/C14H23N3O/c1-10-8-11(2)17(14(18)16-10)13-7-5-3-4-6-12(13)9-15/h8,12-13H,3-7,9,15H2,1-2H3. The van der Waals surface area contributed by atoms with E-state index in [1.807, 2.05) is 24.5 Å². The van der Waals surface area contributed by atoms with Crippen LogP contribution in [0.25, 0.3) is 0 Å². The Bertz CT molecular complexity index is 467. The molecule has 1 aromatic heterocycles. The van der Waals surface area contributed by atoms with Crippen LogP contribution in [0, 0.1) is 19.8 Å². The quantitative estimate of drug-likeness (QED) is 0.815. The Morgan fingerprint density at radius 3 is 2.72 bits per heavy atom. The van der Waals surface area contributed by atoms with Gasteiger partial charge in [-0.1, -0.05) is 19.3 Å². The van der Waals surface area contributed by atoms with Crippen LogP contribution in [0.4, 0.5) is 0 Å². The van der Waals surface area contributed by atoms with Crippen LogP contribution >= 0.6 is 0 Å². The summed E-state index contributed by atoms with van der Waals surface area (Å²) in [6.45, 7) is 4.52. The van der Waals surface area contributed by atoms with Gasteiger partial charge in [-0.25, -0.2) is 4.79 Å². The first-order chi connectivity index (χ1) is 8.63. The van der Waals surface area contributed by atoms with Crippen molar-refractivity contribution in [2.75, 3.05) is 6.54 Å². The first kappa shape index (κ1) is 13.3. The molecule has 0 spiro atoms. The van der Waals surface area contributed by atoms with Gasteiger partial charge >= 0.3 is 5.69 Å². The molecule has 4 nitrogen and oxygen atoms in total. The van der Waals surface area contributed by atoms with E-state index in [9.17, 15) is 4.79 Å². The fraction of sp³-hybridized carbons (Fsp3) is 0.714. The largest absolute Gasteiger partial charge is 0.348 e. The van der Waals surface area contributed by atoms with Gasteiger partial charge in [-0.3, -0.25) is 4.57 Å². The van der Waals surface area contributed by atoms with E-state index >= 15 is 0 Å². The lowest BCUT2D eigenvalue weighted by molar-refractivity contribution is 0.302. The van der Waals surface area contributed by atoms with Crippen LogP contribution < -0.4 is 11.4 Å². The second-order valence-corrected chi connectivity index (χ2v) is 5.39. The summed E-state index contributed by atoms with van der Waals surface area (Å²) in [7, 11) is 0. The SMILES string of the molecule is Cc1cc(C)n(C2CCCCCC2CN)c(=O)n1. The van der Waals surface area contributed by atoms with Gasteiger partial charge in [0.25, 0.3) is 0 Å². The van der Waals surface area contributed by atoms with Gasteiger partial charge in [0.2, 0.25) is 0 Å². The van der Waals surface area contributed by atoms with E-state index in [0.717, 1.165) is 24.2 Å². The van der Waals surface area contributed by atoms with E-state index in [-0.39, 0.29) is 11.7 Å². The Morgan fingerprint density at radius 2 is 2.06 bits per heavy atom. The van der Waals surface area contributed by atoms with E-state index in [2.05, 4.69) is 4.98 Å². The number of aromatic nitrogens is 2. The fourth-order valence-electron chi connectivity index (χ4n) is 3.14. The summed E-state index contributed by atoms with van der Waals surface area (Å²) in [5.41, 5.74) is 7.59. The zero-order chi connectivity index (χ0) is 13.1. The van der Waals surface area contributed by atoms with E-state index in [0.29, 0.717) is 12.5 Å². The minimum absolute atomic E-state index is 0.113. The first-order valence-corrected chi connectivity index (χ1v) is 6.90. The third-order valence-electron chi connectivity index (χ3n) is 4.03. The van der Waals surface area contributed by atoms with Crippen molar-refractivity contribution in [1.82, 2.24) is 9.55 Å². The van der Waals surface area contributed by atoms with Crippen molar-refractivity contribution >= 4 is 0 Å². The highest BCUT2D eigenvalue weighted by atomic mass is 16.1. The molecule has 0 saturated heterocycles. The summed E-state index contributed by atoms with van der Waals surface area (Å²) in [6, 6.07) is 2.22. The molecule has 0 bridgehead atoms. The Kier molecular flexibility index (Phi) is 4.17. The third-order valence-corrected chi connectivity index (χ3v) is 4.03. The van der Waals surface area contributed by atoms with Crippen molar-refractivity contribution in [3.05, 3.63) is 27.9 Å². The van der Waals surface area contributed by atoms with Crippen molar-refractivity contribution in [2.45, 2.75) is 52.0 Å². The van der Waals surface area contributed by atoms with Gasteiger partial charge in [0.15, 0.2) is 0 Å². The molecule has 0 radical (unpaired) electrons. The molecule has 2 atom stereocenters. The zero-order valence-corrected chi connectivity index (χ0v) is 11.4. The fourth-order valence-corrected chi connectivity index (χ4v) is 3.14. The smallest absolute Gasteiger partial charge is 0.330 e. The van der Waals surface area contributed by atoms with E-state index in [4.69, 9.17) is 5.73 Å². The molecule has 100 valence electrons. The molecule has 1 heterocycles. The molecular formula is C14H23N3O. The lowest BCUT2D eigenvalue weighted by atomic mass is 9.94. The maximum atomic E-state index is 12.1. The molecule has 4 heteroatoms. The van der Waals surface area contributed by atoms with Crippen LogP contribution in [0.2, 0.25) is 0 Å². The monoisotopic (exact) mass is 249 g/mol. The molecule has 1 fully saturated rings. The second-order valence-electron chi connectivity index (χ2n) is 5.39. The molecular weight excluding hydrogens is 226 g/mol. The average molecular weight is 249 g/mol. The Labute approximate surface area is 108 Å². The first-order valence-electron chi connectivity index (χ1n) is 6.90. The van der Waals surface area contributed by atoms with Crippen molar-refractivity contribution in [1.29, 1.82) is 0 Å². The molecule has 2 unspecified atom stereocenters. The number of rotatable bonds is 2. The molecule has 0 amide bonds. The van der Waals surface area contributed by atoms with E-state index in [1.54, 1.807) is 0 Å². The summed E-state index contributed by atoms with van der Waals surface area (Å²) in [4.78, 5) is 16.2. The number of nitrogens with two attached hydrogens (primary N) is 1. The van der Waals surface area contributed by atoms with Gasteiger partial charge in [0.05, 0.1) is 0 Å². The van der Waals surface area contributed by atoms with E-state index in [1.165, 1.54) is 19.3 Å². The van der Waals surface area contributed by atoms with Crippen LogP contribution in [-0.4, -0.2) is 16.1 Å². The van der Waals surface area contributed by atoms with E-state index < -0.39 is 0 Å². The van der Waals surface area contributed by atoms with Gasteiger partial charge < -0.3 is 5.73 Å². The van der Waals surface area contributed by atoms with Crippen molar-refractivity contribution in [2.24, 2.45) is 11.7 Å². The molecule has 1 aliphatic rings. The van der Waals surface area contributed by atoms with Crippen LogP contribution in [0.1, 0.15) is 49.5 Å². The predicted molar refractivity (Wildman–Crippen MR) is 72.6 cm³/mol. The van der Waals surface area contributed by atoms with Crippen LogP contribution in [-0.2, 0) is 0 Å². The topological polar surface area (TPSA) is 60.9 Å². The lowest BCUT2D eigenvalue weighted by Gasteiger charge is -2.27. The van der Waals surface area contributed by atoms with Crippen LogP contribution in [0.5, 0.6) is 0 Å². The summed E-state index contributed by atoms with van der Waals surface area (Å²) in [5, 5.41) is 0. The van der Waals surface area contributed by atoms with Gasteiger partial charge in [-0.05, 0) is 45.2 Å².